The fourth-order valence-corrected chi connectivity index (χ4v) is 2.47. The van der Waals surface area contributed by atoms with Crippen molar-refractivity contribution >= 4 is 0 Å². The summed E-state index contributed by atoms with van der Waals surface area (Å²) in [7, 11) is 0. The van der Waals surface area contributed by atoms with Crippen LogP contribution in [0.15, 0.2) is 12.1 Å². The zero-order chi connectivity index (χ0) is 11.2. The summed E-state index contributed by atoms with van der Waals surface area (Å²) in [6.07, 6.45) is 1.24. The molecule has 1 aliphatic carbocycles. The maximum Gasteiger partial charge on any atom is 0.195 e. The Balaban J connectivity index is 2.18. The van der Waals surface area contributed by atoms with Crippen LogP contribution in [0.25, 0.3) is 0 Å². The smallest absolute Gasteiger partial charge is 0.195 e. The molecule has 0 unspecified atom stereocenters. The van der Waals surface area contributed by atoms with Crippen molar-refractivity contribution < 1.29 is 13.9 Å². The summed E-state index contributed by atoms with van der Waals surface area (Å²) in [6, 6.07) is 4.90. The Hall–Kier alpha value is -1.44. The van der Waals surface area contributed by atoms with Gasteiger partial charge in [0.1, 0.15) is 5.82 Å². The van der Waals surface area contributed by atoms with Crippen LogP contribution in [0.3, 0.4) is 0 Å². The molecular formula is C12H10FNO2. The molecule has 0 radical (unpaired) electrons. The second kappa shape index (κ2) is 3.27. The van der Waals surface area contributed by atoms with E-state index in [4.69, 9.17) is 14.7 Å². The summed E-state index contributed by atoms with van der Waals surface area (Å²) < 4.78 is 24.9. The lowest BCUT2D eigenvalue weighted by Crippen LogP contribution is -2.23. The number of benzene rings is 1. The van der Waals surface area contributed by atoms with Gasteiger partial charge in [-0.1, -0.05) is 0 Å². The van der Waals surface area contributed by atoms with Crippen molar-refractivity contribution in [1.82, 2.24) is 0 Å². The molecule has 1 aromatic carbocycles. The predicted octanol–water partition coefficient (Wildman–Crippen LogP) is 1.84. The summed E-state index contributed by atoms with van der Waals surface area (Å²) in [5.41, 5.74) is 1.64. The van der Waals surface area contributed by atoms with Crippen LogP contribution in [0, 0.1) is 17.1 Å². The molecule has 1 saturated heterocycles. The molecule has 3 rings (SSSR count). The molecule has 4 heteroatoms. The Labute approximate surface area is 92.4 Å². The van der Waals surface area contributed by atoms with Gasteiger partial charge in [-0.2, -0.15) is 5.26 Å². The highest BCUT2D eigenvalue weighted by Gasteiger charge is 2.45. The fourth-order valence-electron chi connectivity index (χ4n) is 2.47. The first-order valence-electron chi connectivity index (χ1n) is 5.26. The van der Waals surface area contributed by atoms with Crippen LogP contribution in [0.1, 0.15) is 23.1 Å². The molecule has 2 aliphatic rings. The standard InChI is InChI=1S/C12H10FNO2/c13-11-6-8(7-14)5-10-9(11)1-2-12(10)15-3-4-16-12/h5-6H,1-4H2. The number of hydrogen-bond acceptors (Lipinski definition) is 3. The van der Waals surface area contributed by atoms with E-state index >= 15 is 0 Å². The van der Waals surface area contributed by atoms with Crippen molar-refractivity contribution in [2.45, 2.75) is 18.6 Å². The molecular weight excluding hydrogens is 209 g/mol. The molecule has 82 valence electrons. The highest BCUT2D eigenvalue weighted by atomic mass is 19.1. The Morgan fingerprint density at radius 2 is 2.06 bits per heavy atom. The Kier molecular flexibility index (Phi) is 2.00. The average Bonchev–Trinajstić information content (AvgIpc) is 2.89. The number of rotatable bonds is 0. The van der Waals surface area contributed by atoms with Crippen LogP contribution < -0.4 is 0 Å². The molecule has 1 fully saturated rings. The first-order valence-corrected chi connectivity index (χ1v) is 5.26. The van der Waals surface area contributed by atoms with E-state index in [2.05, 4.69) is 0 Å². The van der Waals surface area contributed by atoms with Crippen molar-refractivity contribution in [2.24, 2.45) is 0 Å². The monoisotopic (exact) mass is 219 g/mol. The zero-order valence-electron chi connectivity index (χ0n) is 8.62. The minimum atomic E-state index is -0.789. The van der Waals surface area contributed by atoms with Gasteiger partial charge in [0.15, 0.2) is 5.79 Å². The molecule has 0 amide bonds. The van der Waals surface area contributed by atoms with Crippen LogP contribution in [-0.2, 0) is 21.7 Å². The van der Waals surface area contributed by atoms with E-state index in [1.54, 1.807) is 6.07 Å². The molecule has 1 aromatic rings. The zero-order valence-corrected chi connectivity index (χ0v) is 8.62. The first kappa shape index (κ1) is 9.76. The number of fused-ring (bicyclic) bond motifs is 2. The molecule has 1 heterocycles. The van der Waals surface area contributed by atoms with E-state index in [0.29, 0.717) is 42.7 Å². The summed E-state index contributed by atoms with van der Waals surface area (Å²) in [6.45, 7) is 1.05. The second-order valence-corrected chi connectivity index (χ2v) is 4.05. The third kappa shape index (κ3) is 1.19. The molecule has 0 aromatic heterocycles. The first-order chi connectivity index (χ1) is 7.75. The summed E-state index contributed by atoms with van der Waals surface area (Å²) in [4.78, 5) is 0. The lowest BCUT2D eigenvalue weighted by molar-refractivity contribution is -0.163. The third-order valence-corrected chi connectivity index (χ3v) is 3.19. The van der Waals surface area contributed by atoms with Crippen molar-refractivity contribution in [1.29, 1.82) is 5.26 Å². The SMILES string of the molecule is N#Cc1cc(F)c2c(c1)C1(CC2)OCCO1. The minimum Gasteiger partial charge on any atom is -0.343 e. The van der Waals surface area contributed by atoms with Crippen LogP contribution in [0.4, 0.5) is 4.39 Å². The fraction of sp³-hybridized carbons (Fsp3) is 0.417. The Morgan fingerprint density at radius 1 is 1.31 bits per heavy atom. The molecule has 16 heavy (non-hydrogen) atoms. The molecule has 0 N–H and O–H groups in total. The van der Waals surface area contributed by atoms with Gasteiger partial charge in [0, 0.05) is 12.0 Å². The average molecular weight is 219 g/mol. The van der Waals surface area contributed by atoms with Gasteiger partial charge in [-0.05, 0) is 24.1 Å². The van der Waals surface area contributed by atoms with Gasteiger partial charge in [0.25, 0.3) is 0 Å². The summed E-state index contributed by atoms with van der Waals surface area (Å²) in [5.74, 6) is -1.12. The van der Waals surface area contributed by atoms with Gasteiger partial charge in [-0.25, -0.2) is 4.39 Å². The van der Waals surface area contributed by atoms with E-state index in [0.717, 1.165) is 0 Å². The van der Waals surface area contributed by atoms with Crippen LogP contribution in [-0.4, -0.2) is 13.2 Å². The van der Waals surface area contributed by atoms with Gasteiger partial charge >= 0.3 is 0 Å². The van der Waals surface area contributed by atoms with Crippen molar-refractivity contribution in [3.63, 3.8) is 0 Å². The van der Waals surface area contributed by atoms with Gasteiger partial charge < -0.3 is 9.47 Å². The van der Waals surface area contributed by atoms with E-state index < -0.39 is 5.79 Å². The quantitative estimate of drug-likeness (QED) is 0.668. The lowest BCUT2D eigenvalue weighted by atomic mass is 10.0. The number of nitrogens with zero attached hydrogens (tertiary/aromatic N) is 1. The molecule has 3 nitrogen and oxygen atoms in total. The van der Waals surface area contributed by atoms with E-state index in [1.165, 1.54) is 6.07 Å². The number of halogens is 1. The van der Waals surface area contributed by atoms with Crippen molar-refractivity contribution in [2.75, 3.05) is 13.2 Å². The van der Waals surface area contributed by atoms with Crippen molar-refractivity contribution in [3.8, 4) is 6.07 Å². The topological polar surface area (TPSA) is 42.2 Å². The molecule has 1 spiro atoms. The number of nitriles is 1. The number of ether oxygens (including phenoxy) is 2. The maximum atomic E-state index is 13.7. The highest BCUT2D eigenvalue weighted by Crippen LogP contribution is 2.44. The molecule has 0 saturated carbocycles. The second-order valence-electron chi connectivity index (χ2n) is 4.05. The lowest BCUT2D eigenvalue weighted by Gasteiger charge is -2.22. The van der Waals surface area contributed by atoms with Crippen molar-refractivity contribution in [3.05, 3.63) is 34.6 Å². The largest absolute Gasteiger partial charge is 0.343 e. The van der Waals surface area contributed by atoms with E-state index in [-0.39, 0.29) is 5.82 Å². The van der Waals surface area contributed by atoms with Crippen LogP contribution in [0.5, 0.6) is 0 Å². The summed E-state index contributed by atoms with van der Waals surface area (Å²) in [5, 5.41) is 8.83. The number of hydrogen-bond donors (Lipinski definition) is 0. The van der Waals surface area contributed by atoms with Crippen LogP contribution in [0.2, 0.25) is 0 Å². The Morgan fingerprint density at radius 3 is 2.75 bits per heavy atom. The maximum absolute atomic E-state index is 13.7. The minimum absolute atomic E-state index is 0.316. The van der Waals surface area contributed by atoms with Gasteiger partial charge in [0.05, 0.1) is 24.8 Å². The van der Waals surface area contributed by atoms with Gasteiger partial charge in [-0.15, -0.1) is 0 Å². The molecule has 1 aliphatic heterocycles. The van der Waals surface area contributed by atoms with E-state index in [1.807, 2.05) is 6.07 Å². The predicted molar refractivity (Wildman–Crippen MR) is 53.0 cm³/mol. The van der Waals surface area contributed by atoms with Gasteiger partial charge in [0.2, 0.25) is 0 Å². The third-order valence-electron chi connectivity index (χ3n) is 3.19. The normalized spacial score (nSPS) is 21.0. The van der Waals surface area contributed by atoms with Gasteiger partial charge in [-0.3, -0.25) is 0 Å². The Bertz CT molecular complexity index is 487. The molecule has 0 atom stereocenters. The van der Waals surface area contributed by atoms with E-state index in [9.17, 15) is 4.39 Å². The highest BCUT2D eigenvalue weighted by molar-refractivity contribution is 5.44. The summed E-state index contributed by atoms with van der Waals surface area (Å²) >= 11 is 0. The van der Waals surface area contributed by atoms with Crippen LogP contribution >= 0.6 is 0 Å². The molecule has 0 bridgehead atoms.